The second kappa shape index (κ2) is 8.96. The van der Waals surface area contributed by atoms with E-state index in [2.05, 4.69) is 0 Å². The zero-order valence-electron chi connectivity index (χ0n) is 12.4. The van der Waals surface area contributed by atoms with Gasteiger partial charge in [0.05, 0.1) is 13.2 Å². The minimum absolute atomic E-state index is 0.766. The molecule has 0 aromatic carbocycles. The summed E-state index contributed by atoms with van der Waals surface area (Å²) in [6.07, 6.45) is -16.9. The molecule has 0 spiro atoms. The Kier molecular flexibility index (Phi) is 7.88. The summed E-state index contributed by atoms with van der Waals surface area (Å²) in [4.78, 5) is 10.7. The molecule has 142 valence electrons. The lowest BCUT2D eigenvalue weighted by Crippen LogP contribution is -2.61. The molecule has 9 atom stereocenters. The van der Waals surface area contributed by atoms with Crippen molar-refractivity contribution >= 4 is 5.97 Å². The highest BCUT2D eigenvalue weighted by molar-refractivity contribution is 5.72. The molecule has 0 aromatic heterocycles. The van der Waals surface area contributed by atoms with E-state index >= 15 is 0 Å². The smallest absolute Gasteiger partial charge is 0.335 e. The number of aliphatic carboxylic acids is 1. The van der Waals surface area contributed by atoms with Crippen LogP contribution >= 0.6 is 0 Å². The quantitative estimate of drug-likeness (QED) is 0.198. The molecule has 1 aliphatic rings. The molecule has 0 saturated carbocycles. The lowest BCUT2D eigenvalue weighted by Gasteiger charge is -2.42. The molecular weight excluding hydrogens is 336 g/mol. The van der Waals surface area contributed by atoms with Crippen LogP contribution in [-0.4, -0.2) is 120 Å². The summed E-state index contributed by atoms with van der Waals surface area (Å²) in [5.41, 5.74) is 0. The fourth-order valence-corrected chi connectivity index (χ4v) is 2.16. The van der Waals surface area contributed by atoms with Gasteiger partial charge < -0.3 is 55.4 Å². The predicted molar refractivity (Wildman–Crippen MR) is 71.4 cm³/mol. The highest BCUT2D eigenvalue weighted by atomic mass is 16.7. The van der Waals surface area contributed by atoms with Crippen LogP contribution in [0.25, 0.3) is 0 Å². The third kappa shape index (κ3) is 4.58. The molecule has 1 aliphatic heterocycles. The molecule has 1 fully saturated rings. The van der Waals surface area contributed by atoms with Crippen molar-refractivity contribution in [3.63, 3.8) is 0 Å². The Bertz CT molecular complexity index is 403. The molecule has 0 bridgehead atoms. The zero-order valence-corrected chi connectivity index (χ0v) is 12.4. The highest BCUT2D eigenvalue weighted by Gasteiger charge is 2.47. The van der Waals surface area contributed by atoms with Crippen LogP contribution in [0.4, 0.5) is 0 Å². The molecule has 1 rings (SSSR count). The van der Waals surface area contributed by atoms with Crippen molar-refractivity contribution in [1.82, 2.24) is 0 Å². The van der Waals surface area contributed by atoms with Crippen molar-refractivity contribution in [3.05, 3.63) is 0 Å². The topological polar surface area (TPSA) is 218 Å². The maximum atomic E-state index is 10.7. The van der Waals surface area contributed by atoms with Crippen LogP contribution in [-0.2, 0) is 14.3 Å². The van der Waals surface area contributed by atoms with Gasteiger partial charge in [-0.25, -0.2) is 4.79 Å². The average Bonchev–Trinajstić information content (AvgIpc) is 2.57. The summed E-state index contributed by atoms with van der Waals surface area (Å²) in [5, 5.41) is 84.5. The van der Waals surface area contributed by atoms with Crippen LogP contribution in [0.5, 0.6) is 0 Å². The van der Waals surface area contributed by atoms with Gasteiger partial charge in [-0.1, -0.05) is 0 Å². The molecule has 1 heterocycles. The Morgan fingerprint density at radius 3 is 2.08 bits per heavy atom. The van der Waals surface area contributed by atoms with Crippen molar-refractivity contribution in [2.24, 2.45) is 0 Å². The van der Waals surface area contributed by atoms with Gasteiger partial charge in [0.1, 0.15) is 42.7 Å². The van der Waals surface area contributed by atoms with Gasteiger partial charge in [-0.3, -0.25) is 0 Å². The predicted octanol–water partition coefficient (Wildman–Crippen LogP) is -5.67. The van der Waals surface area contributed by atoms with Crippen LogP contribution < -0.4 is 0 Å². The number of hydrogen-bond acceptors (Lipinski definition) is 11. The number of carboxylic acids is 1. The number of aliphatic hydroxyl groups excluding tert-OH is 8. The van der Waals surface area contributed by atoms with E-state index in [1.807, 2.05) is 0 Å². The first-order chi connectivity index (χ1) is 11.1. The fourth-order valence-electron chi connectivity index (χ4n) is 2.16. The maximum absolute atomic E-state index is 10.7. The fraction of sp³-hybridized carbons (Fsp3) is 0.917. The highest BCUT2D eigenvalue weighted by Crippen LogP contribution is 2.24. The van der Waals surface area contributed by atoms with Gasteiger partial charge in [-0.05, 0) is 0 Å². The molecule has 0 amide bonds. The van der Waals surface area contributed by atoms with Gasteiger partial charge in [-0.2, -0.15) is 0 Å². The summed E-state index contributed by atoms with van der Waals surface area (Å²) < 4.78 is 9.98. The minimum Gasteiger partial charge on any atom is -0.479 e. The summed E-state index contributed by atoms with van der Waals surface area (Å²) in [7, 11) is 0. The van der Waals surface area contributed by atoms with Crippen molar-refractivity contribution < 1.29 is 60.2 Å². The van der Waals surface area contributed by atoms with Crippen molar-refractivity contribution in [1.29, 1.82) is 0 Å². The third-order valence-corrected chi connectivity index (χ3v) is 3.62. The molecule has 0 aliphatic carbocycles. The van der Waals surface area contributed by atoms with Crippen LogP contribution in [0, 0.1) is 0 Å². The zero-order chi connectivity index (χ0) is 18.6. The molecule has 0 aromatic rings. The van der Waals surface area contributed by atoms with Crippen molar-refractivity contribution in [2.75, 3.05) is 13.2 Å². The Morgan fingerprint density at radius 2 is 1.62 bits per heavy atom. The van der Waals surface area contributed by atoms with Crippen molar-refractivity contribution in [2.45, 2.75) is 55.1 Å². The lowest BCUT2D eigenvalue weighted by atomic mass is 9.98. The molecule has 9 unspecified atom stereocenters. The van der Waals surface area contributed by atoms with Gasteiger partial charge in [0.15, 0.2) is 12.4 Å². The Balaban J connectivity index is 2.94. The lowest BCUT2D eigenvalue weighted by molar-refractivity contribution is -0.326. The second-order valence-electron chi connectivity index (χ2n) is 5.32. The van der Waals surface area contributed by atoms with Gasteiger partial charge in [0.25, 0.3) is 0 Å². The average molecular weight is 358 g/mol. The van der Waals surface area contributed by atoms with Crippen molar-refractivity contribution in [3.8, 4) is 0 Å². The van der Waals surface area contributed by atoms with Crippen LogP contribution in [0.2, 0.25) is 0 Å². The molecular formula is C12H22O12. The van der Waals surface area contributed by atoms with E-state index < -0.39 is 74.3 Å². The minimum atomic E-state index is -2.39. The van der Waals surface area contributed by atoms with Crippen LogP contribution in [0.15, 0.2) is 0 Å². The third-order valence-electron chi connectivity index (χ3n) is 3.62. The number of hydrogen-bond donors (Lipinski definition) is 9. The molecule has 0 radical (unpaired) electrons. The summed E-state index contributed by atoms with van der Waals surface area (Å²) in [6.45, 7) is -1.76. The maximum Gasteiger partial charge on any atom is 0.335 e. The first-order valence-electron chi connectivity index (χ1n) is 6.99. The van der Waals surface area contributed by atoms with E-state index in [-0.39, 0.29) is 0 Å². The van der Waals surface area contributed by atoms with E-state index in [0.717, 1.165) is 0 Å². The molecule has 24 heavy (non-hydrogen) atoms. The van der Waals surface area contributed by atoms with Crippen LogP contribution in [0.3, 0.4) is 0 Å². The number of rotatable bonds is 8. The number of carboxylic acid groups (broad SMARTS) is 1. The number of aliphatic hydroxyl groups is 8. The first-order valence-corrected chi connectivity index (χ1v) is 6.99. The molecule has 12 heteroatoms. The Hall–Kier alpha value is -0.930. The van der Waals surface area contributed by atoms with Gasteiger partial charge in [0.2, 0.25) is 0 Å². The van der Waals surface area contributed by atoms with Gasteiger partial charge >= 0.3 is 5.97 Å². The first kappa shape index (κ1) is 21.1. The SMILES string of the molecule is O=C(O)C(O)C(O)C(OC1OC(CO)C(O)C(O)C1O)C(O)CO. The number of ether oxygens (including phenoxy) is 2. The van der Waals surface area contributed by atoms with E-state index in [9.17, 15) is 35.4 Å². The summed E-state index contributed by atoms with van der Waals surface area (Å²) >= 11 is 0. The molecule has 12 nitrogen and oxygen atoms in total. The Morgan fingerprint density at radius 1 is 1.04 bits per heavy atom. The van der Waals surface area contributed by atoms with Gasteiger partial charge in [0, 0.05) is 0 Å². The second-order valence-corrected chi connectivity index (χ2v) is 5.32. The Labute approximate surface area is 135 Å². The number of carbonyl (C=O) groups is 1. The summed E-state index contributed by atoms with van der Waals surface area (Å²) in [5.74, 6) is -1.84. The standard InChI is InChI=1S/C12H22O12/c13-1-3(15)10(7(18)8(19)11(21)22)24-12-9(20)6(17)5(16)4(2-14)23-12/h3-10,12-20H,1-2H2,(H,21,22). The molecule has 1 saturated heterocycles. The normalized spacial score (nSPS) is 35.9. The van der Waals surface area contributed by atoms with Gasteiger partial charge in [-0.15, -0.1) is 0 Å². The largest absolute Gasteiger partial charge is 0.479 e. The monoisotopic (exact) mass is 358 g/mol. The summed E-state index contributed by atoms with van der Waals surface area (Å²) in [6, 6.07) is 0. The van der Waals surface area contributed by atoms with Crippen LogP contribution in [0.1, 0.15) is 0 Å². The van der Waals surface area contributed by atoms with E-state index in [1.54, 1.807) is 0 Å². The van der Waals surface area contributed by atoms with E-state index in [0.29, 0.717) is 0 Å². The van der Waals surface area contributed by atoms with E-state index in [4.69, 9.17) is 24.8 Å². The van der Waals surface area contributed by atoms with E-state index in [1.165, 1.54) is 0 Å². The molecule has 9 N–H and O–H groups in total.